The van der Waals surface area contributed by atoms with E-state index in [4.69, 9.17) is 4.74 Å². The highest BCUT2D eigenvalue weighted by atomic mass is 19.2. The summed E-state index contributed by atoms with van der Waals surface area (Å²) in [4.78, 5) is 0. The zero-order valence-electron chi connectivity index (χ0n) is 21.3. The first-order valence-corrected chi connectivity index (χ1v) is 13.2. The van der Waals surface area contributed by atoms with Crippen molar-refractivity contribution in [3.63, 3.8) is 0 Å². The predicted octanol–water partition coefficient (Wildman–Crippen LogP) is 9.74. The monoisotopic (exact) mass is 510 g/mol. The summed E-state index contributed by atoms with van der Waals surface area (Å²) in [5.74, 6) is -3.13. The predicted molar refractivity (Wildman–Crippen MR) is 141 cm³/mol. The summed E-state index contributed by atoms with van der Waals surface area (Å²) in [6.45, 7) is 6.33. The first-order valence-electron chi connectivity index (χ1n) is 13.2. The van der Waals surface area contributed by atoms with Gasteiger partial charge >= 0.3 is 0 Å². The summed E-state index contributed by atoms with van der Waals surface area (Å²) in [6.07, 6.45) is 8.15. The van der Waals surface area contributed by atoms with Crippen LogP contribution in [0.25, 0.3) is 22.3 Å². The van der Waals surface area contributed by atoms with Gasteiger partial charge in [-0.1, -0.05) is 74.4 Å². The zero-order valence-corrected chi connectivity index (χ0v) is 21.3. The van der Waals surface area contributed by atoms with Crippen molar-refractivity contribution in [2.24, 2.45) is 5.92 Å². The molecule has 0 aliphatic carbocycles. The van der Waals surface area contributed by atoms with E-state index in [1.807, 2.05) is 6.08 Å². The average molecular weight is 511 g/mol. The third-order valence-electron chi connectivity index (χ3n) is 7.33. The van der Waals surface area contributed by atoms with Crippen LogP contribution >= 0.6 is 0 Å². The maximum atomic E-state index is 15.1. The molecule has 1 aliphatic rings. The molecule has 2 atom stereocenters. The van der Waals surface area contributed by atoms with Crippen LogP contribution in [0, 0.1) is 29.2 Å². The van der Waals surface area contributed by atoms with Gasteiger partial charge in [0, 0.05) is 16.7 Å². The molecule has 1 nitrogen and oxygen atoms in total. The Morgan fingerprint density at radius 3 is 2.05 bits per heavy atom. The van der Waals surface area contributed by atoms with Gasteiger partial charge in [-0.25, -0.2) is 17.6 Å². The molecule has 0 N–H and O–H groups in total. The molecule has 4 rings (SSSR count). The lowest BCUT2D eigenvalue weighted by atomic mass is 9.90. The van der Waals surface area contributed by atoms with Gasteiger partial charge in [0.25, 0.3) is 0 Å². The topological polar surface area (TPSA) is 9.23 Å². The van der Waals surface area contributed by atoms with Crippen molar-refractivity contribution < 1.29 is 22.3 Å². The molecule has 3 aromatic carbocycles. The largest absolute Gasteiger partial charge is 0.373 e. The van der Waals surface area contributed by atoms with E-state index in [0.29, 0.717) is 42.1 Å². The number of halogens is 4. The van der Waals surface area contributed by atoms with Gasteiger partial charge in [0.1, 0.15) is 0 Å². The lowest BCUT2D eigenvalue weighted by Gasteiger charge is -2.29. The molecule has 196 valence electrons. The highest BCUT2D eigenvalue weighted by Crippen LogP contribution is 2.37. The number of aryl methyl sites for hydroxylation is 1. The Hall–Kier alpha value is -2.92. The van der Waals surface area contributed by atoms with Gasteiger partial charge in [0.05, 0.1) is 12.7 Å². The van der Waals surface area contributed by atoms with Crippen molar-refractivity contribution in [3.05, 3.63) is 95.6 Å². The number of allylic oxidation sites excluding steroid dienone is 1. The van der Waals surface area contributed by atoms with Crippen molar-refractivity contribution >= 4 is 0 Å². The van der Waals surface area contributed by atoms with Crippen LogP contribution in [0.5, 0.6) is 0 Å². The number of rotatable bonds is 10. The SMILES string of the molecule is C=CCCC1CCC(c2ccc(-c3ccc(-c4ccc(CCCCC)c(F)c4F)cc3)c(F)c2F)OC1. The fourth-order valence-corrected chi connectivity index (χ4v) is 5.07. The quantitative estimate of drug-likeness (QED) is 0.150. The molecule has 1 saturated heterocycles. The molecule has 1 heterocycles. The number of benzene rings is 3. The Labute approximate surface area is 217 Å². The second kappa shape index (κ2) is 12.6. The van der Waals surface area contributed by atoms with Crippen molar-refractivity contribution in [1.29, 1.82) is 0 Å². The van der Waals surface area contributed by atoms with Gasteiger partial charge < -0.3 is 4.74 Å². The Balaban J connectivity index is 1.50. The summed E-state index contributed by atoms with van der Waals surface area (Å²) in [5.41, 5.74) is 1.79. The molecule has 1 fully saturated rings. The second-order valence-corrected chi connectivity index (χ2v) is 9.90. The molecule has 0 amide bonds. The Morgan fingerprint density at radius 2 is 1.46 bits per heavy atom. The maximum absolute atomic E-state index is 15.1. The minimum absolute atomic E-state index is 0.116. The Morgan fingerprint density at radius 1 is 0.811 bits per heavy atom. The molecular formula is C32H34F4O. The van der Waals surface area contributed by atoms with Gasteiger partial charge in [-0.2, -0.15) is 0 Å². The summed E-state index contributed by atoms with van der Waals surface area (Å²) in [6, 6.07) is 12.7. The summed E-state index contributed by atoms with van der Waals surface area (Å²) < 4.78 is 65.4. The first-order chi connectivity index (χ1) is 17.9. The first kappa shape index (κ1) is 27.1. The van der Waals surface area contributed by atoms with E-state index in [9.17, 15) is 8.78 Å². The van der Waals surface area contributed by atoms with Crippen LogP contribution in [-0.2, 0) is 11.2 Å². The van der Waals surface area contributed by atoms with Crippen LogP contribution in [0.1, 0.15) is 69.1 Å². The zero-order chi connectivity index (χ0) is 26.4. The normalized spacial score (nSPS) is 17.6. The number of hydrogen-bond acceptors (Lipinski definition) is 1. The van der Waals surface area contributed by atoms with Crippen molar-refractivity contribution in [2.75, 3.05) is 6.61 Å². The molecule has 2 unspecified atom stereocenters. The van der Waals surface area contributed by atoms with E-state index in [1.165, 1.54) is 0 Å². The third kappa shape index (κ3) is 6.15. The number of ether oxygens (including phenoxy) is 1. The highest BCUT2D eigenvalue weighted by Gasteiger charge is 2.27. The third-order valence-corrected chi connectivity index (χ3v) is 7.33. The Bertz CT molecular complexity index is 1210. The molecular weight excluding hydrogens is 476 g/mol. The van der Waals surface area contributed by atoms with Crippen LogP contribution in [0.4, 0.5) is 17.6 Å². The van der Waals surface area contributed by atoms with Gasteiger partial charge in [-0.3, -0.25) is 0 Å². The molecule has 5 heteroatoms. The smallest absolute Gasteiger partial charge is 0.167 e. The van der Waals surface area contributed by atoms with Crippen molar-refractivity contribution in [2.45, 2.75) is 64.4 Å². The van der Waals surface area contributed by atoms with Gasteiger partial charge in [-0.05, 0) is 61.1 Å². The van der Waals surface area contributed by atoms with Crippen LogP contribution in [-0.4, -0.2) is 6.61 Å². The van der Waals surface area contributed by atoms with Gasteiger partial charge in [0.15, 0.2) is 23.3 Å². The molecule has 0 radical (unpaired) electrons. The van der Waals surface area contributed by atoms with Gasteiger partial charge in [0.2, 0.25) is 0 Å². The number of hydrogen-bond donors (Lipinski definition) is 0. The van der Waals surface area contributed by atoms with E-state index in [2.05, 4.69) is 13.5 Å². The lowest BCUT2D eigenvalue weighted by molar-refractivity contribution is -0.0210. The van der Waals surface area contributed by atoms with Crippen LogP contribution < -0.4 is 0 Å². The molecule has 37 heavy (non-hydrogen) atoms. The summed E-state index contributed by atoms with van der Waals surface area (Å²) in [5, 5.41) is 0. The minimum atomic E-state index is -0.934. The number of unbranched alkanes of at least 4 members (excludes halogenated alkanes) is 2. The van der Waals surface area contributed by atoms with Crippen LogP contribution in [0.15, 0.2) is 61.2 Å². The molecule has 0 spiro atoms. The van der Waals surface area contributed by atoms with E-state index in [-0.39, 0.29) is 16.7 Å². The van der Waals surface area contributed by atoms with Crippen molar-refractivity contribution in [3.8, 4) is 22.3 Å². The molecule has 3 aromatic rings. The van der Waals surface area contributed by atoms with Crippen LogP contribution in [0.2, 0.25) is 0 Å². The fraction of sp³-hybridized carbons (Fsp3) is 0.375. The average Bonchev–Trinajstić information content (AvgIpc) is 2.92. The molecule has 0 aromatic heterocycles. The highest BCUT2D eigenvalue weighted by molar-refractivity contribution is 5.71. The molecule has 0 bridgehead atoms. The summed E-state index contributed by atoms with van der Waals surface area (Å²) >= 11 is 0. The minimum Gasteiger partial charge on any atom is -0.373 e. The maximum Gasteiger partial charge on any atom is 0.167 e. The van der Waals surface area contributed by atoms with E-state index < -0.39 is 29.4 Å². The lowest BCUT2D eigenvalue weighted by Crippen LogP contribution is -2.21. The Kier molecular flexibility index (Phi) is 9.20. The van der Waals surface area contributed by atoms with Gasteiger partial charge in [-0.15, -0.1) is 6.58 Å². The second-order valence-electron chi connectivity index (χ2n) is 9.90. The van der Waals surface area contributed by atoms with Crippen molar-refractivity contribution in [1.82, 2.24) is 0 Å². The molecule has 1 aliphatic heterocycles. The summed E-state index contributed by atoms with van der Waals surface area (Å²) in [7, 11) is 0. The standard InChI is InChI=1S/C32H34F4O/c1-3-5-7-9-24-15-16-25(30(34)29(24)33)22-11-13-23(14-12-22)26-17-18-27(32(36)31(26)35)28-19-10-21(20-37-28)8-6-4-2/h4,11-18,21,28H,2-3,5-10,19-20H2,1H3. The van der Waals surface area contributed by atoms with Crippen LogP contribution in [0.3, 0.4) is 0 Å². The van der Waals surface area contributed by atoms with E-state index >= 15 is 8.78 Å². The van der Waals surface area contributed by atoms with E-state index in [1.54, 1.807) is 48.5 Å². The van der Waals surface area contributed by atoms with E-state index in [0.717, 1.165) is 38.5 Å². The molecule has 0 saturated carbocycles. The fourth-order valence-electron chi connectivity index (χ4n) is 5.07.